The van der Waals surface area contributed by atoms with Gasteiger partial charge in [-0.1, -0.05) is 0 Å². The summed E-state index contributed by atoms with van der Waals surface area (Å²) >= 11 is 0. The van der Waals surface area contributed by atoms with Crippen molar-refractivity contribution >= 4 is 0 Å². The van der Waals surface area contributed by atoms with Gasteiger partial charge in [0.25, 0.3) is 0 Å². The van der Waals surface area contributed by atoms with Crippen molar-refractivity contribution in [1.82, 2.24) is 14.9 Å². The molecule has 1 fully saturated rings. The van der Waals surface area contributed by atoms with Crippen molar-refractivity contribution in [1.29, 1.82) is 0 Å². The van der Waals surface area contributed by atoms with Gasteiger partial charge < -0.3 is 9.88 Å². The molecule has 2 atom stereocenters. The molecule has 3 nitrogen and oxygen atoms in total. The fourth-order valence-corrected chi connectivity index (χ4v) is 2.33. The summed E-state index contributed by atoms with van der Waals surface area (Å²) < 4.78 is 2.33. The van der Waals surface area contributed by atoms with Gasteiger partial charge in [0.2, 0.25) is 0 Å². The van der Waals surface area contributed by atoms with Crippen molar-refractivity contribution in [2.24, 2.45) is 5.92 Å². The maximum absolute atomic E-state index is 4.31. The van der Waals surface area contributed by atoms with Gasteiger partial charge >= 0.3 is 0 Å². The van der Waals surface area contributed by atoms with Crippen LogP contribution in [-0.2, 0) is 0 Å². The topological polar surface area (TPSA) is 29.9 Å². The molecule has 0 spiro atoms. The van der Waals surface area contributed by atoms with Gasteiger partial charge in [0.1, 0.15) is 5.82 Å². The Hall–Kier alpha value is -0.830. The Kier molecular flexibility index (Phi) is 3.06. The lowest BCUT2D eigenvalue weighted by Crippen LogP contribution is -2.44. The zero-order valence-corrected chi connectivity index (χ0v) is 10.8. The molecule has 1 heterocycles. The Morgan fingerprint density at radius 2 is 2.19 bits per heavy atom. The Labute approximate surface area is 98.3 Å². The van der Waals surface area contributed by atoms with Crippen LogP contribution in [0.2, 0.25) is 0 Å². The zero-order valence-electron chi connectivity index (χ0n) is 10.8. The van der Waals surface area contributed by atoms with Gasteiger partial charge in [-0.3, -0.25) is 0 Å². The summed E-state index contributed by atoms with van der Waals surface area (Å²) in [6, 6.07) is 0.664. The number of aryl methyl sites for hydroxylation is 1. The number of hydrogen-bond donors (Lipinski definition) is 1. The predicted molar refractivity (Wildman–Crippen MR) is 66.5 cm³/mol. The maximum Gasteiger partial charge on any atom is 0.105 e. The van der Waals surface area contributed by atoms with Crippen LogP contribution in [0.5, 0.6) is 0 Å². The molecule has 0 bridgehead atoms. The highest BCUT2D eigenvalue weighted by atomic mass is 15.1. The molecular formula is C13H23N3. The molecule has 0 aliphatic heterocycles. The van der Waals surface area contributed by atoms with E-state index in [2.05, 4.69) is 48.8 Å². The highest BCUT2D eigenvalue weighted by Crippen LogP contribution is 2.38. The van der Waals surface area contributed by atoms with E-state index in [1.807, 2.05) is 6.20 Å². The maximum atomic E-state index is 4.31. The molecule has 1 aromatic rings. The summed E-state index contributed by atoms with van der Waals surface area (Å²) in [6.45, 7) is 9.88. The lowest BCUT2D eigenvalue weighted by Gasteiger charge is -2.40. The van der Waals surface area contributed by atoms with Crippen LogP contribution in [-0.4, -0.2) is 21.6 Å². The molecule has 0 radical (unpaired) electrons. The second kappa shape index (κ2) is 4.21. The summed E-state index contributed by atoms with van der Waals surface area (Å²) in [7, 11) is 0. The fraction of sp³-hybridized carbons (Fsp3) is 0.769. The van der Waals surface area contributed by atoms with Crippen LogP contribution in [0.25, 0.3) is 0 Å². The molecule has 1 saturated carbocycles. The van der Waals surface area contributed by atoms with E-state index in [0.29, 0.717) is 6.04 Å². The van der Waals surface area contributed by atoms with Crippen LogP contribution in [0.4, 0.5) is 0 Å². The molecule has 0 amide bonds. The molecule has 1 aliphatic rings. The van der Waals surface area contributed by atoms with Crippen molar-refractivity contribution < 1.29 is 0 Å². The van der Waals surface area contributed by atoms with Gasteiger partial charge in [0.15, 0.2) is 0 Å². The molecule has 1 aliphatic carbocycles. The van der Waals surface area contributed by atoms with E-state index in [4.69, 9.17) is 0 Å². The first-order chi connectivity index (χ1) is 7.47. The van der Waals surface area contributed by atoms with E-state index < -0.39 is 0 Å². The first-order valence-electron chi connectivity index (χ1n) is 6.22. The number of nitrogens with one attached hydrogen (secondary N) is 1. The molecule has 16 heavy (non-hydrogen) atoms. The van der Waals surface area contributed by atoms with E-state index in [1.54, 1.807) is 0 Å². The molecule has 2 unspecified atom stereocenters. The smallest absolute Gasteiger partial charge is 0.105 e. The standard InChI is InChI=1S/C13H23N3/c1-10-14-7-8-16(10)12-6-5-11(12)9-15-13(2,3)4/h7-8,11-12,15H,5-6,9H2,1-4H3. The molecular weight excluding hydrogens is 198 g/mol. The van der Waals surface area contributed by atoms with Crippen LogP contribution in [0, 0.1) is 12.8 Å². The fourth-order valence-electron chi connectivity index (χ4n) is 2.33. The number of hydrogen-bond acceptors (Lipinski definition) is 2. The monoisotopic (exact) mass is 221 g/mol. The minimum atomic E-state index is 0.226. The third kappa shape index (κ3) is 2.46. The largest absolute Gasteiger partial charge is 0.332 e. The van der Waals surface area contributed by atoms with Crippen molar-refractivity contribution in [2.75, 3.05) is 6.54 Å². The second-order valence-corrected chi connectivity index (χ2v) is 5.92. The van der Waals surface area contributed by atoms with Gasteiger partial charge in [0, 0.05) is 30.5 Å². The van der Waals surface area contributed by atoms with E-state index in [1.165, 1.54) is 12.8 Å². The third-order valence-corrected chi connectivity index (χ3v) is 3.49. The Morgan fingerprint density at radius 3 is 2.62 bits per heavy atom. The predicted octanol–water partition coefficient (Wildman–Crippen LogP) is 2.53. The molecule has 90 valence electrons. The highest BCUT2D eigenvalue weighted by molar-refractivity contribution is 4.98. The average molecular weight is 221 g/mol. The molecule has 1 N–H and O–H groups in total. The van der Waals surface area contributed by atoms with Crippen LogP contribution < -0.4 is 5.32 Å². The molecule has 3 heteroatoms. The SMILES string of the molecule is Cc1nccn1C1CCC1CNC(C)(C)C. The van der Waals surface area contributed by atoms with Gasteiger partial charge in [-0.05, 0) is 46.5 Å². The van der Waals surface area contributed by atoms with Crippen molar-refractivity contribution in [2.45, 2.75) is 52.1 Å². The minimum Gasteiger partial charge on any atom is -0.332 e. The van der Waals surface area contributed by atoms with Crippen molar-refractivity contribution in [3.05, 3.63) is 18.2 Å². The lowest BCUT2D eigenvalue weighted by molar-refractivity contribution is 0.163. The highest BCUT2D eigenvalue weighted by Gasteiger charge is 2.33. The summed E-state index contributed by atoms with van der Waals surface area (Å²) in [6.07, 6.45) is 6.66. The van der Waals surface area contributed by atoms with Gasteiger partial charge in [-0.2, -0.15) is 0 Å². The first-order valence-corrected chi connectivity index (χ1v) is 6.22. The van der Waals surface area contributed by atoms with E-state index in [-0.39, 0.29) is 5.54 Å². The van der Waals surface area contributed by atoms with Crippen molar-refractivity contribution in [3.8, 4) is 0 Å². The number of rotatable bonds is 3. The van der Waals surface area contributed by atoms with Crippen molar-refractivity contribution in [3.63, 3.8) is 0 Å². The average Bonchev–Trinajstić information content (AvgIpc) is 2.48. The lowest BCUT2D eigenvalue weighted by atomic mass is 9.79. The summed E-state index contributed by atoms with van der Waals surface area (Å²) in [5.41, 5.74) is 0.226. The van der Waals surface area contributed by atoms with Gasteiger partial charge in [0.05, 0.1) is 0 Å². The molecule has 0 aromatic carbocycles. The zero-order chi connectivity index (χ0) is 11.8. The summed E-state index contributed by atoms with van der Waals surface area (Å²) in [5.74, 6) is 1.91. The van der Waals surface area contributed by atoms with Gasteiger partial charge in [-0.15, -0.1) is 0 Å². The van der Waals surface area contributed by atoms with E-state index in [9.17, 15) is 0 Å². The quantitative estimate of drug-likeness (QED) is 0.850. The number of imidazole rings is 1. The second-order valence-electron chi connectivity index (χ2n) is 5.92. The minimum absolute atomic E-state index is 0.226. The number of nitrogens with zero attached hydrogens (tertiary/aromatic N) is 2. The van der Waals surface area contributed by atoms with E-state index >= 15 is 0 Å². The van der Waals surface area contributed by atoms with Crippen LogP contribution in [0.15, 0.2) is 12.4 Å². The number of aromatic nitrogens is 2. The van der Waals surface area contributed by atoms with Crippen LogP contribution in [0.3, 0.4) is 0 Å². The molecule has 1 aromatic heterocycles. The molecule has 0 saturated heterocycles. The Balaban J connectivity index is 1.92. The summed E-state index contributed by atoms with van der Waals surface area (Å²) in [5, 5.41) is 3.60. The first kappa shape index (κ1) is 11.6. The third-order valence-electron chi connectivity index (χ3n) is 3.49. The molecule has 2 rings (SSSR count). The van der Waals surface area contributed by atoms with E-state index in [0.717, 1.165) is 18.3 Å². The van der Waals surface area contributed by atoms with Crippen LogP contribution in [0.1, 0.15) is 45.5 Å². The Bertz CT molecular complexity index is 348. The van der Waals surface area contributed by atoms with Gasteiger partial charge in [-0.25, -0.2) is 4.98 Å². The summed E-state index contributed by atoms with van der Waals surface area (Å²) in [4.78, 5) is 4.31. The van der Waals surface area contributed by atoms with Crippen LogP contribution >= 0.6 is 0 Å². The normalized spacial score (nSPS) is 25.5. The Morgan fingerprint density at radius 1 is 1.44 bits per heavy atom.